The highest BCUT2D eigenvalue weighted by molar-refractivity contribution is 6.08. The molecule has 0 atom stereocenters. The molecule has 26 heavy (non-hydrogen) atoms. The van der Waals surface area contributed by atoms with Gasteiger partial charge in [-0.05, 0) is 26.0 Å². The molecule has 136 valence electrons. The standard InChI is InChI=1S/C18H18N2O6/c1-4-26-17-9-14(15(20(23)24)10-16(17)25-3)18(22)19-13-7-5-6-12(8-13)11(2)21/h5-10H,4H2,1-3H3,(H,19,22). The summed E-state index contributed by atoms with van der Waals surface area (Å²) in [5, 5.41) is 13.9. The minimum Gasteiger partial charge on any atom is -0.493 e. The van der Waals surface area contributed by atoms with Crippen LogP contribution in [0.1, 0.15) is 34.6 Å². The van der Waals surface area contributed by atoms with Crippen molar-refractivity contribution in [2.45, 2.75) is 13.8 Å². The molecule has 0 radical (unpaired) electrons. The number of ether oxygens (including phenoxy) is 2. The Labute approximate surface area is 149 Å². The van der Waals surface area contributed by atoms with Crippen LogP contribution in [0.3, 0.4) is 0 Å². The van der Waals surface area contributed by atoms with Crippen molar-refractivity contribution in [3.8, 4) is 11.5 Å². The van der Waals surface area contributed by atoms with E-state index in [0.29, 0.717) is 17.9 Å². The molecule has 0 bridgehead atoms. The van der Waals surface area contributed by atoms with Crippen molar-refractivity contribution in [3.05, 3.63) is 57.6 Å². The van der Waals surface area contributed by atoms with E-state index in [1.807, 2.05) is 0 Å². The lowest BCUT2D eigenvalue weighted by Crippen LogP contribution is -2.15. The molecular weight excluding hydrogens is 340 g/mol. The van der Waals surface area contributed by atoms with Crippen LogP contribution in [0.4, 0.5) is 11.4 Å². The molecule has 0 aliphatic heterocycles. The molecule has 2 aromatic carbocycles. The minimum absolute atomic E-state index is 0.157. The fourth-order valence-electron chi connectivity index (χ4n) is 2.32. The van der Waals surface area contributed by atoms with E-state index in [2.05, 4.69) is 5.32 Å². The number of nitrogens with zero attached hydrogens (tertiary/aromatic N) is 1. The molecule has 0 aliphatic carbocycles. The van der Waals surface area contributed by atoms with Gasteiger partial charge in [-0.15, -0.1) is 0 Å². The highest BCUT2D eigenvalue weighted by Gasteiger charge is 2.25. The Kier molecular flexibility index (Phi) is 5.90. The Hall–Kier alpha value is -3.42. The maximum atomic E-state index is 12.6. The van der Waals surface area contributed by atoms with Crippen molar-refractivity contribution < 1.29 is 24.0 Å². The van der Waals surface area contributed by atoms with Gasteiger partial charge in [0, 0.05) is 17.3 Å². The summed E-state index contributed by atoms with van der Waals surface area (Å²) in [6, 6.07) is 8.72. The van der Waals surface area contributed by atoms with Crippen molar-refractivity contribution in [1.82, 2.24) is 0 Å². The van der Waals surface area contributed by atoms with E-state index < -0.39 is 16.5 Å². The first-order chi connectivity index (χ1) is 12.4. The number of amides is 1. The summed E-state index contributed by atoms with van der Waals surface area (Å²) < 4.78 is 10.5. The fraction of sp³-hybridized carbons (Fsp3) is 0.222. The summed E-state index contributed by atoms with van der Waals surface area (Å²) >= 11 is 0. The third kappa shape index (κ3) is 4.15. The molecule has 0 aromatic heterocycles. The molecule has 0 fully saturated rings. The van der Waals surface area contributed by atoms with Gasteiger partial charge in [-0.25, -0.2) is 0 Å². The van der Waals surface area contributed by atoms with Gasteiger partial charge in [-0.2, -0.15) is 0 Å². The van der Waals surface area contributed by atoms with E-state index in [1.165, 1.54) is 26.2 Å². The van der Waals surface area contributed by atoms with Crippen LogP contribution in [0.2, 0.25) is 0 Å². The Morgan fingerprint density at radius 1 is 1.19 bits per heavy atom. The monoisotopic (exact) mass is 358 g/mol. The van der Waals surface area contributed by atoms with Crippen molar-refractivity contribution in [1.29, 1.82) is 0 Å². The summed E-state index contributed by atoms with van der Waals surface area (Å²) in [5.41, 5.74) is 0.186. The highest BCUT2D eigenvalue weighted by atomic mass is 16.6. The number of ketones is 1. The number of rotatable bonds is 7. The number of carbonyl (C=O) groups excluding carboxylic acids is 2. The smallest absolute Gasteiger partial charge is 0.286 e. The summed E-state index contributed by atoms with van der Waals surface area (Å²) in [5.74, 6) is -0.465. The number of Topliss-reactive ketones (excluding diaryl/α,β-unsaturated/α-hetero) is 1. The SMILES string of the molecule is CCOc1cc(C(=O)Nc2cccc(C(C)=O)c2)c([N+](=O)[O-])cc1OC. The third-order valence-electron chi connectivity index (χ3n) is 3.55. The zero-order valence-corrected chi connectivity index (χ0v) is 14.6. The number of carbonyl (C=O) groups is 2. The quantitative estimate of drug-likeness (QED) is 0.461. The average molecular weight is 358 g/mol. The summed E-state index contributed by atoms with van der Waals surface area (Å²) in [6.45, 7) is 3.45. The minimum atomic E-state index is -0.694. The number of hydrogen-bond donors (Lipinski definition) is 1. The predicted octanol–water partition coefficient (Wildman–Crippen LogP) is 3.46. The molecule has 0 unspecified atom stereocenters. The molecule has 8 heteroatoms. The largest absolute Gasteiger partial charge is 0.493 e. The van der Waals surface area contributed by atoms with E-state index in [1.54, 1.807) is 25.1 Å². The van der Waals surface area contributed by atoms with Crippen LogP contribution in [0, 0.1) is 10.1 Å². The lowest BCUT2D eigenvalue weighted by atomic mass is 10.1. The molecule has 0 saturated heterocycles. The molecule has 1 N–H and O–H groups in total. The second kappa shape index (κ2) is 8.11. The molecular formula is C18H18N2O6. The highest BCUT2D eigenvalue weighted by Crippen LogP contribution is 2.35. The van der Waals surface area contributed by atoms with E-state index in [-0.39, 0.29) is 22.8 Å². The van der Waals surface area contributed by atoms with E-state index in [9.17, 15) is 19.7 Å². The fourth-order valence-corrected chi connectivity index (χ4v) is 2.32. The predicted molar refractivity (Wildman–Crippen MR) is 95.2 cm³/mol. The van der Waals surface area contributed by atoms with Gasteiger partial charge in [0.2, 0.25) is 0 Å². The first-order valence-electron chi connectivity index (χ1n) is 7.79. The maximum Gasteiger partial charge on any atom is 0.286 e. The Morgan fingerprint density at radius 3 is 2.50 bits per heavy atom. The van der Waals surface area contributed by atoms with Crippen LogP contribution in [0.25, 0.3) is 0 Å². The molecule has 2 rings (SSSR count). The second-order valence-corrected chi connectivity index (χ2v) is 5.30. The van der Waals surface area contributed by atoms with E-state index in [4.69, 9.17) is 9.47 Å². The molecule has 8 nitrogen and oxygen atoms in total. The summed E-state index contributed by atoms with van der Waals surface area (Å²) in [6.07, 6.45) is 0. The number of anilines is 1. The summed E-state index contributed by atoms with van der Waals surface area (Å²) in [4.78, 5) is 34.7. The van der Waals surface area contributed by atoms with Crippen LogP contribution in [0.5, 0.6) is 11.5 Å². The van der Waals surface area contributed by atoms with Crippen molar-refractivity contribution in [3.63, 3.8) is 0 Å². The lowest BCUT2D eigenvalue weighted by molar-refractivity contribution is -0.385. The number of hydrogen-bond acceptors (Lipinski definition) is 6. The topological polar surface area (TPSA) is 108 Å². The van der Waals surface area contributed by atoms with E-state index >= 15 is 0 Å². The van der Waals surface area contributed by atoms with Gasteiger partial charge in [-0.1, -0.05) is 12.1 Å². The molecule has 0 saturated carbocycles. The van der Waals surface area contributed by atoms with Gasteiger partial charge in [0.25, 0.3) is 11.6 Å². The normalized spacial score (nSPS) is 10.1. The van der Waals surface area contributed by atoms with Crippen LogP contribution in [0.15, 0.2) is 36.4 Å². The van der Waals surface area contributed by atoms with Crippen LogP contribution in [-0.4, -0.2) is 30.3 Å². The van der Waals surface area contributed by atoms with Crippen molar-refractivity contribution in [2.75, 3.05) is 19.0 Å². The second-order valence-electron chi connectivity index (χ2n) is 5.30. The Bertz CT molecular complexity index is 863. The third-order valence-corrected chi connectivity index (χ3v) is 3.55. The number of nitro benzene ring substituents is 1. The molecule has 0 heterocycles. The van der Waals surface area contributed by atoms with Gasteiger partial charge >= 0.3 is 0 Å². The van der Waals surface area contributed by atoms with Gasteiger partial charge in [0.15, 0.2) is 17.3 Å². The number of methoxy groups -OCH3 is 1. The maximum absolute atomic E-state index is 12.6. The van der Waals surface area contributed by atoms with E-state index in [0.717, 1.165) is 6.07 Å². The van der Waals surface area contributed by atoms with Gasteiger partial charge in [-0.3, -0.25) is 19.7 Å². The van der Waals surface area contributed by atoms with Gasteiger partial charge in [0.05, 0.1) is 24.7 Å². The zero-order chi connectivity index (χ0) is 19.3. The number of benzene rings is 2. The molecule has 1 amide bonds. The first kappa shape index (κ1) is 18.9. The zero-order valence-electron chi connectivity index (χ0n) is 14.6. The summed E-state index contributed by atoms with van der Waals surface area (Å²) in [7, 11) is 1.36. The van der Waals surface area contributed by atoms with Crippen LogP contribution in [-0.2, 0) is 0 Å². The first-order valence-corrected chi connectivity index (χ1v) is 7.79. The van der Waals surface area contributed by atoms with Crippen molar-refractivity contribution >= 4 is 23.1 Å². The van der Waals surface area contributed by atoms with Crippen LogP contribution >= 0.6 is 0 Å². The van der Waals surface area contributed by atoms with Crippen molar-refractivity contribution in [2.24, 2.45) is 0 Å². The Balaban J connectivity index is 2.43. The lowest BCUT2D eigenvalue weighted by Gasteiger charge is -2.12. The number of nitrogens with one attached hydrogen (secondary N) is 1. The molecule has 0 aliphatic rings. The van der Waals surface area contributed by atoms with Gasteiger partial charge < -0.3 is 14.8 Å². The molecule has 0 spiro atoms. The average Bonchev–Trinajstić information content (AvgIpc) is 2.61. The number of nitro groups is 1. The van der Waals surface area contributed by atoms with Gasteiger partial charge in [0.1, 0.15) is 5.56 Å². The van der Waals surface area contributed by atoms with Crippen LogP contribution < -0.4 is 14.8 Å². The molecule has 2 aromatic rings. The Morgan fingerprint density at radius 2 is 1.92 bits per heavy atom.